The monoisotopic (exact) mass is 279 g/mol. The second-order valence-corrected chi connectivity index (χ2v) is 3.46. The van der Waals surface area contributed by atoms with Gasteiger partial charge in [0, 0.05) is 10.6 Å². The molecule has 1 nitrogen and oxygen atoms in total. The van der Waals surface area contributed by atoms with E-state index in [1.807, 2.05) is 0 Å². The first-order valence-electron chi connectivity index (χ1n) is 3.88. The van der Waals surface area contributed by atoms with Gasteiger partial charge in [-0.25, -0.2) is 13.8 Å². The Bertz CT molecular complexity index is 391. The van der Waals surface area contributed by atoms with E-state index >= 15 is 0 Å². The molecule has 8 heteroatoms. The van der Waals surface area contributed by atoms with E-state index in [2.05, 4.69) is 4.98 Å². The number of rotatable bonds is 2. The van der Waals surface area contributed by atoms with Gasteiger partial charge >= 0.3 is 6.18 Å². The van der Waals surface area contributed by atoms with E-state index in [0.29, 0.717) is 6.07 Å². The zero-order chi connectivity index (χ0) is 12.5. The van der Waals surface area contributed by atoms with Crippen LogP contribution in [-0.2, 0) is 12.1 Å². The molecular weight excluding hydrogens is 276 g/mol. The van der Waals surface area contributed by atoms with E-state index in [1.54, 1.807) is 0 Å². The summed E-state index contributed by atoms with van der Waals surface area (Å²) in [6, 6.07) is 0.477. The van der Waals surface area contributed by atoms with Crippen molar-refractivity contribution in [1.82, 2.24) is 4.98 Å². The Kier molecular flexibility index (Phi) is 3.96. The fourth-order valence-corrected chi connectivity index (χ4v) is 1.63. The summed E-state index contributed by atoms with van der Waals surface area (Å²) in [5, 5.41) is -0.465. The maximum absolute atomic E-state index is 12.4. The molecule has 0 aliphatic heterocycles. The molecule has 1 aromatic heterocycles. The van der Waals surface area contributed by atoms with Gasteiger partial charge in [0.1, 0.15) is 11.4 Å². The third kappa shape index (κ3) is 2.74. The lowest BCUT2D eigenvalue weighted by Gasteiger charge is -2.12. The zero-order valence-corrected chi connectivity index (χ0v) is 8.97. The first-order chi connectivity index (χ1) is 7.27. The number of hydrogen-bond acceptors (Lipinski definition) is 1. The molecule has 1 rings (SSSR count). The molecule has 0 aliphatic rings. The van der Waals surface area contributed by atoms with Gasteiger partial charge in [-0.05, 0) is 6.07 Å². The van der Waals surface area contributed by atoms with Crippen LogP contribution >= 0.6 is 23.2 Å². The van der Waals surface area contributed by atoms with Gasteiger partial charge in [0.2, 0.25) is 0 Å². The Morgan fingerprint density at radius 2 is 1.88 bits per heavy atom. The molecular formula is C8H4Cl2F5N. The molecule has 0 atom stereocenters. The molecule has 0 saturated heterocycles. The van der Waals surface area contributed by atoms with Gasteiger partial charge in [-0.3, -0.25) is 0 Å². The molecule has 1 heterocycles. The minimum Gasteiger partial charge on any atom is -0.242 e. The van der Waals surface area contributed by atoms with E-state index in [4.69, 9.17) is 23.2 Å². The van der Waals surface area contributed by atoms with E-state index < -0.39 is 34.9 Å². The standard InChI is InChI=1S/C8H4Cl2F5N/c9-2-3-4(10)1-5(8(13,14)15)16-6(3)7(11)12/h1,7H,2H2. The van der Waals surface area contributed by atoms with Crippen LogP contribution in [0, 0.1) is 0 Å². The van der Waals surface area contributed by atoms with Gasteiger partial charge in [-0.1, -0.05) is 11.6 Å². The van der Waals surface area contributed by atoms with Crippen molar-refractivity contribution in [3.8, 4) is 0 Å². The average molecular weight is 280 g/mol. The SMILES string of the molecule is FC(F)c1nc(C(F)(F)F)cc(Cl)c1CCl. The van der Waals surface area contributed by atoms with Crippen molar-refractivity contribution in [2.45, 2.75) is 18.5 Å². The van der Waals surface area contributed by atoms with Crippen molar-refractivity contribution >= 4 is 23.2 Å². The van der Waals surface area contributed by atoms with Crippen LogP contribution in [-0.4, -0.2) is 4.98 Å². The third-order valence-electron chi connectivity index (χ3n) is 1.73. The summed E-state index contributed by atoms with van der Waals surface area (Å²) in [4.78, 5) is 2.83. The number of pyridine rings is 1. The lowest BCUT2D eigenvalue weighted by molar-refractivity contribution is -0.141. The topological polar surface area (TPSA) is 12.9 Å². The summed E-state index contributed by atoms with van der Waals surface area (Å²) in [6.07, 6.45) is -7.98. The third-order valence-corrected chi connectivity index (χ3v) is 2.34. The van der Waals surface area contributed by atoms with Crippen LogP contribution in [0.4, 0.5) is 22.0 Å². The van der Waals surface area contributed by atoms with Crippen LogP contribution in [0.1, 0.15) is 23.4 Å². The number of hydrogen-bond donors (Lipinski definition) is 0. The van der Waals surface area contributed by atoms with E-state index in [9.17, 15) is 22.0 Å². The summed E-state index contributed by atoms with van der Waals surface area (Å²) in [6.45, 7) is 0. The first kappa shape index (κ1) is 13.4. The van der Waals surface area contributed by atoms with Crippen LogP contribution < -0.4 is 0 Å². The van der Waals surface area contributed by atoms with Crippen molar-refractivity contribution in [1.29, 1.82) is 0 Å². The van der Waals surface area contributed by atoms with Gasteiger partial charge in [0.15, 0.2) is 0 Å². The fraction of sp³-hybridized carbons (Fsp3) is 0.375. The molecule has 16 heavy (non-hydrogen) atoms. The van der Waals surface area contributed by atoms with Crippen LogP contribution in [0.5, 0.6) is 0 Å². The first-order valence-corrected chi connectivity index (χ1v) is 4.79. The van der Waals surface area contributed by atoms with Gasteiger partial charge in [-0.15, -0.1) is 11.6 Å². The maximum atomic E-state index is 12.4. The van der Waals surface area contributed by atoms with Crippen molar-refractivity contribution in [2.24, 2.45) is 0 Å². The molecule has 0 aromatic carbocycles. The summed E-state index contributed by atoms with van der Waals surface area (Å²) in [7, 11) is 0. The van der Waals surface area contributed by atoms with Crippen LogP contribution in [0.15, 0.2) is 6.07 Å². The Morgan fingerprint density at radius 3 is 2.25 bits per heavy atom. The fourth-order valence-electron chi connectivity index (χ4n) is 1.02. The summed E-state index contributed by atoms with van der Waals surface area (Å²) >= 11 is 10.7. The van der Waals surface area contributed by atoms with Gasteiger partial charge < -0.3 is 0 Å². The Balaban J connectivity index is 3.40. The molecule has 90 valence electrons. The Morgan fingerprint density at radius 1 is 1.31 bits per heavy atom. The maximum Gasteiger partial charge on any atom is 0.433 e. The smallest absolute Gasteiger partial charge is 0.242 e. The van der Waals surface area contributed by atoms with Crippen LogP contribution in [0.3, 0.4) is 0 Å². The molecule has 0 N–H and O–H groups in total. The summed E-state index contributed by atoms with van der Waals surface area (Å²) in [5.74, 6) is -0.427. The van der Waals surface area contributed by atoms with Gasteiger partial charge in [0.25, 0.3) is 6.43 Å². The number of aromatic nitrogens is 1. The van der Waals surface area contributed by atoms with Crippen molar-refractivity contribution in [3.63, 3.8) is 0 Å². The normalized spacial score (nSPS) is 12.2. The second kappa shape index (κ2) is 4.71. The lowest BCUT2D eigenvalue weighted by Crippen LogP contribution is -2.11. The molecule has 0 bridgehead atoms. The minimum atomic E-state index is -4.82. The largest absolute Gasteiger partial charge is 0.433 e. The number of alkyl halides is 6. The van der Waals surface area contributed by atoms with E-state index in [0.717, 1.165) is 0 Å². The minimum absolute atomic E-state index is 0.286. The van der Waals surface area contributed by atoms with E-state index in [1.165, 1.54) is 0 Å². The van der Waals surface area contributed by atoms with Crippen molar-refractivity contribution in [3.05, 3.63) is 28.0 Å². The predicted molar refractivity (Wildman–Crippen MR) is 48.8 cm³/mol. The molecule has 1 aromatic rings. The predicted octanol–water partition coefficient (Wildman–Crippen LogP) is 4.43. The molecule has 0 fully saturated rings. The number of halogens is 7. The molecule has 0 amide bonds. The summed E-state index contributed by atoms with van der Waals surface area (Å²) < 4.78 is 61.6. The van der Waals surface area contributed by atoms with Crippen molar-refractivity contribution < 1.29 is 22.0 Å². The lowest BCUT2D eigenvalue weighted by atomic mass is 10.2. The van der Waals surface area contributed by atoms with Gasteiger partial charge in [-0.2, -0.15) is 13.2 Å². The Labute approximate surface area is 97.2 Å². The van der Waals surface area contributed by atoms with Crippen molar-refractivity contribution in [2.75, 3.05) is 0 Å². The highest BCUT2D eigenvalue weighted by atomic mass is 35.5. The average Bonchev–Trinajstić information content (AvgIpc) is 2.14. The molecule has 0 radical (unpaired) electrons. The molecule has 0 saturated carbocycles. The highest BCUT2D eigenvalue weighted by Crippen LogP contribution is 2.35. The van der Waals surface area contributed by atoms with E-state index in [-0.39, 0.29) is 5.56 Å². The molecule has 0 aliphatic carbocycles. The number of nitrogens with zero attached hydrogens (tertiary/aromatic N) is 1. The highest BCUT2D eigenvalue weighted by Gasteiger charge is 2.35. The van der Waals surface area contributed by atoms with Crippen LogP contribution in [0.25, 0.3) is 0 Å². The summed E-state index contributed by atoms with van der Waals surface area (Å²) in [5.41, 5.74) is -2.78. The highest BCUT2D eigenvalue weighted by molar-refractivity contribution is 6.32. The van der Waals surface area contributed by atoms with Crippen LogP contribution in [0.2, 0.25) is 5.02 Å². The quantitative estimate of drug-likeness (QED) is 0.576. The Hall–Kier alpha value is -0.620. The second-order valence-electron chi connectivity index (χ2n) is 2.79. The molecule has 0 unspecified atom stereocenters. The molecule has 0 spiro atoms. The van der Waals surface area contributed by atoms with Gasteiger partial charge in [0.05, 0.1) is 5.88 Å². The zero-order valence-electron chi connectivity index (χ0n) is 7.45.